The maximum absolute atomic E-state index is 13.8. The van der Waals surface area contributed by atoms with Crippen LogP contribution in [0.1, 0.15) is 36.8 Å². The lowest BCUT2D eigenvalue weighted by Crippen LogP contribution is -3.00. The van der Waals surface area contributed by atoms with Crippen LogP contribution >= 0.6 is 0 Å². The molecule has 206 valence electrons. The van der Waals surface area contributed by atoms with Gasteiger partial charge in [0.15, 0.2) is 0 Å². The molecule has 7 heteroatoms. The molecule has 6 nitrogen and oxygen atoms in total. The first-order chi connectivity index (χ1) is 18.4. The van der Waals surface area contributed by atoms with Crippen molar-refractivity contribution in [1.29, 1.82) is 0 Å². The summed E-state index contributed by atoms with van der Waals surface area (Å²) in [6, 6.07) is 24.7. The number of fused-ring (bicyclic) bond motifs is 4. The van der Waals surface area contributed by atoms with Crippen molar-refractivity contribution >= 4 is 5.97 Å². The summed E-state index contributed by atoms with van der Waals surface area (Å²) in [4.78, 5) is 13.8. The van der Waals surface area contributed by atoms with Crippen molar-refractivity contribution in [3.63, 3.8) is 0 Å². The van der Waals surface area contributed by atoms with Gasteiger partial charge >= 0.3 is 5.97 Å². The van der Waals surface area contributed by atoms with Crippen molar-refractivity contribution in [2.24, 2.45) is 11.8 Å². The number of ether oxygens (including phenoxy) is 3. The number of benzene rings is 3. The molecule has 1 aliphatic heterocycles. The Labute approximate surface area is 240 Å². The largest absolute Gasteiger partial charge is 1.00 e. The van der Waals surface area contributed by atoms with E-state index in [1.165, 1.54) is 0 Å². The molecule has 4 atom stereocenters. The zero-order valence-electron chi connectivity index (χ0n) is 22.5. The van der Waals surface area contributed by atoms with Gasteiger partial charge in [-0.15, -0.1) is 0 Å². The van der Waals surface area contributed by atoms with E-state index in [2.05, 4.69) is 14.1 Å². The molecule has 39 heavy (non-hydrogen) atoms. The number of para-hydroxylation sites is 3. The highest BCUT2D eigenvalue weighted by Crippen LogP contribution is 2.52. The summed E-state index contributed by atoms with van der Waals surface area (Å²) in [6.45, 7) is 1.67. The predicted octanol–water partition coefficient (Wildman–Crippen LogP) is 2.29. The Balaban J connectivity index is 0.00000308. The van der Waals surface area contributed by atoms with Crippen LogP contribution in [0.4, 0.5) is 0 Å². The molecule has 2 aliphatic carbocycles. The molecule has 2 fully saturated rings. The maximum atomic E-state index is 13.8. The summed E-state index contributed by atoms with van der Waals surface area (Å²) >= 11 is 0. The van der Waals surface area contributed by atoms with Gasteiger partial charge in [0.05, 0.1) is 33.3 Å². The molecule has 3 aromatic carbocycles. The number of esters is 1. The number of hydrogen-bond acceptors (Lipinski definition) is 5. The van der Waals surface area contributed by atoms with Crippen LogP contribution in [-0.4, -0.2) is 55.0 Å². The third kappa shape index (κ3) is 4.96. The highest BCUT2D eigenvalue weighted by molar-refractivity contribution is 5.88. The number of hydrogen-bond donors (Lipinski definition) is 1. The molecule has 0 amide bonds. The summed E-state index contributed by atoms with van der Waals surface area (Å²) in [7, 11) is 4.59. The van der Waals surface area contributed by atoms with E-state index < -0.39 is 11.6 Å². The monoisotopic (exact) mass is 593 g/mol. The lowest BCUT2D eigenvalue weighted by Gasteiger charge is -2.39. The Bertz CT molecular complexity index is 1270. The molecule has 3 aliphatic rings. The van der Waals surface area contributed by atoms with Gasteiger partial charge in [0, 0.05) is 29.4 Å². The van der Waals surface area contributed by atoms with Gasteiger partial charge in [0.2, 0.25) is 5.60 Å². The van der Waals surface area contributed by atoms with Crippen molar-refractivity contribution in [1.82, 2.24) is 0 Å². The third-order valence-corrected chi connectivity index (χ3v) is 8.83. The van der Waals surface area contributed by atoms with Gasteiger partial charge in [-0.05, 0) is 43.5 Å². The van der Waals surface area contributed by atoms with Crippen LogP contribution in [0, 0.1) is 11.8 Å². The molecule has 0 saturated heterocycles. The molecule has 6 rings (SSSR count). The molecule has 2 bridgehead atoms. The first-order valence-corrected chi connectivity index (χ1v) is 13.7. The normalized spacial score (nSPS) is 24.1. The van der Waals surface area contributed by atoms with Gasteiger partial charge in [-0.1, -0.05) is 54.6 Å². The topological polar surface area (TPSA) is 65.0 Å². The summed E-state index contributed by atoms with van der Waals surface area (Å²) in [5.41, 5.74) is -1.04. The molecule has 1 N–H and O–H groups in total. The fraction of sp³-hybridized carbons (Fsp3) is 0.406. The second kappa shape index (κ2) is 11.0. The van der Waals surface area contributed by atoms with Gasteiger partial charge in [0.25, 0.3) is 0 Å². The Kier molecular flexibility index (Phi) is 7.77. The van der Waals surface area contributed by atoms with E-state index in [4.69, 9.17) is 14.2 Å². The third-order valence-electron chi connectivity index (χ3n) is 8.83. The highest BCUT2D eigenvalue weighted by Gasteiger charge is 2.58. The van der Waals surface area contributed by atoms with E-state index in [0.29, 0.717) is 41.2 Å². The predicted molar refractivity (Wildman–Crippen MR) is 144 cm³/mol. The molecule has 1 heterocycles. The Hall–Kier alpha value is -2.87. The molecule has 2 saturated carbocycles. The molecule has 0 radical (unpaired) electrons. The molecule has 0 spiro atoms. The standard InChI is InChI=1S/C32H36NO5.BrH/c1-33(2,19-10-20-36-23-11-4-3-5-12-23)30-22-17-18-24(30)29(21-22)38-31(34)32(35)25-13-6-8-15-27(25)37-28-16-9-7-14-26(28)32;/h3-9,11-16,22,24,29-30,35H,10,17-21H2,1-2H3;1H/q+1;/p-1. The maximum Gasteiger partial charge on any atom is 0.348 e. The van der Waals surface area contributed by atoms with Crippen molar-refractivity contribution in [3.8, 4) is 17.2 Å². The summed E-state index contributed by atoms with van der Waals surface area (Å²) in [6.07, 6.45) is 3.81. The van der Waals surface area contributed by atoms with Crippen LogP contribution in [0.2, 0.25) is 0 Å². The molecule has 4 unspecified atom stereocenters. The Morgan fingerprint density at radius 1 is 0.949 bits per heavy atom. The van der Waals surface area contributed by atoms with Gasteiger partial charge in [-0.25, -0.2) is 4.79 Å². The number of carbonyl (C=O) groups excluding carboxylic acids is 1. The van der Waals surface area contributed by atoms with Crippen LogP contribution in [0.3, 0.4) is 0 Å². The lowest BCUT2D eigenvalue weighted by molar-refractivity contribution is -0.919. The van der Waals surface area contributed by atoms with Gasteiger partial charge < -0.3 is 40.8 Å². The lowest BCUT2D eigenvalue weighted by atomic mass is 9.83. The Morgan fingerprint density at radius 3 is 2.23 bits per heavy atom. The molecular weight excluding hydrogens is 558 g/mol. The fourth-order valence-corrected chi connectivity index (χ4v) is 7.20. The average Bonchev–Trinajstić information content (AvgIpc) is 3.51. The minimum Gasteiger partial charge on any atom is -1.00 e. The first-order valence-electron chi connectivity index (χ1n) is 13.7. The molecular formula is C32H36BrNO5. The van der Waals surface area contributed by atoms with Gasteiger partial charge in [-0.2, -0.15) is 0 Å². The number of nitrogens with zero attached hydrogens (tertiary/aromatic N) is 1. The zero-order valence-corrected chi connectivity index (χ0v) is 24.0. The number of quaternary nitrogens is 1. The van der Waals surface area contributed by atoms with E-state index in [1.54, 1.807) is 24.3 Å². The van der Waals surface area contributed by atoms with Crippen molar-refractivity contribution in [2.75, 3.05) is 27.2 Å². The van der Waals surface area contributed by atoms with Crippen molar-refractivity contribution in [2.45, 2.75) is 43.4 Å². The number of carbonyl (C=O) groups is 1. The van der Waals surface area contributed by atoms with E-state index in [1.807, 2.05) is 54.6 Å². The molecule has 3 aromatic rings. The van der Waals surface area contributed by atoms with Gasteiger partial charge in [-0.3, -0.25) is 0 Å². The quantitative estimate of drug-likeness (QED) is 0.247. The summed E-state index contributed by atoms with van der Waals surface area (Å²) < 4.78 is 19.0. The zero-order chi connectivity index (χ0) is 26.3. The van der Waals surface area contributed by atoms with Crippen LogP contribution < -0.4 is 26.5 Å². The number of halogens is 1. The Morgan fingerprint density at radius 2 is 1.56 bits per heavy atom. The highest BCUT2D eigenvalue weighted by atomic mass is 79.9. The van der Waals surface area contributed by atoms with Crippen LogP contribution in [0.5, 0.6) is 17.2 Å². The molecule has 0 aromatic heterocycles. The van der Waals surface area contributed by atoms with E-state index in [-0.39, 0.29) is 29.0 Å². The average molecular weight is 595 g/mol. The second-order valence-corrected chi connectivity index (χ2v) is 11.5. The van der Waals surface area contributed by atoms with E-state index in [0.717, 1.165) is 42.5 Å². The first kappa shape index (κ1) is 27.7. The minimum atomic E-state index is -1.90. The van der Waals surface area contributed by atoms with Crippen molar-refractivity contribution in [3.05, 3.63) is 90.0 Å². The van der Waals surface area contributed by atoms with Crippen LogP contribution in [0.25, 0.3) is 0 Å². The SMILES string of the molecule is C[N+](C)(CCCOc1ccccc1)C1C2CCC1C(OC(=O)C1(O)c3ccccc3Oc3ccccc31)C2.[Br-]. The fourth-order valence-electron chi connectivity index (χ4n) is 7.20. The number of aliphatic hydroxyl groups is 1. The van der Waals surface area contributed by atoms with Gasteiger partial charge in [0.1, 0.15) is 23.4 Å². The van der Waals surface area contributed by atoms with E-state index >= 15 is 0 Å². The summed E-state index contributed by atoms with van der Waals surface area (Å²) in [5.74, 6) is 2.03. The van der Waals surface area contributed by atoms with Crippen molar-refractivity contribution < 1.29 is 45.6 Å². The summed E-state index contributed by atoms with van der Waals surface area (Å²) in [5, 5.41) is 12.0. The smallest absolute Gasteiger partial charge is 0.348 e. The van der Waals surface area contributed by atoms with Crippen LogP contribution in [0.15, 0.2) is 78.9 Å². The minimum absolute atomic E-state index is 0. The van der Waals surface area contributed by atoms with E-state index in [9.17, 15) is 9.90 Å². The van der Waals surface area contributed by atoms with Crippen LogP contribution in [-0.2, 0) is 15.1 Å². The number of rotatable bonds is 8. The second-order valence-electron chi connectivity index (χ2n) is 11.5.